The Bertz CT molecular complexity index is 1580. The van der Waals surface area contributed by atoms with E-state index >= 15 is 4.39 Å². The van der Waals surface area contributed by atoms with Crippen molar-refractivity contribution in [3.63, 3.8) is 0 Å². The monoisotopic (exact) mass is 440 g/mol. The fourth-order valence-electron chi connectivity index (χ4n) is 4.20. The summed E-state index contributed by atoms with van der Waals surface area (Å²) in [4.78, 5) is 16.7. The van der Waals surface area contributed by atoms with E-state index in [1.165, 1.54) is 19.3 Å². The van der Waals surface area contributed by atoms with E-state index < -0.39 is 5.82 Å². The Balaban J connectivity index is 2.01. The number of hydrogen-bond donors (Lipinski definition) is 3. The lowest BCUT2D eigenvalue weighted by Crippen LogP contribution is -2.16. The molecule has 8 heteroatoms. The number of nitrogens with two attached hydrogens (primary N) is 2. The quantitative estimate of drug-likeness (QED) is 0.419. The van der Waals surface area contributed by atoms with Gasteiger partial charge in [0.25, 0.3) is 5.56 Å². The van der Waals surface area contributed by atoms with Gasteiger partial charge in [-0.05, 0) is 35.6 Å². The number of H-pyrrole nitrogens is 1. The van der Waals surface area contributed by atoms with Crippen LogP contribution in [0.15, 0.2) is 58.5 Å². The molecule has 0 aliphatic rings. The summed E-state index contributed by atoms with van der Waals surface area (Å²) in [5.41, 5.74) is 14.2. The van der Waals surface area contributed by atoms with E-state index in [1.807, 2.05) is 0 Å². The molecule has 0 aliphatic heterocycles. The van der Waals surface area contributed by atoms with Crippen molar-refractivity contribution in [1.82, 2.24) is 10.2 Å². The van der Waals surface area contributed by atoms with Crippen LogP contribution in [0.5, 0.6) is 0 Å². The molecule has 4 aromatic rings. The van der Waals surface area contributed by atoms with E-state index in [1.54, 1.807) is 43.3 Å². The third-order valence-electron chi connectivity index (χ3n) is 5.67. The van der Waals surface area contributed by atoms with Crippen LogP contribution < -0.4 is 17.0 Å². The lowest BCUT2D eigenvalue weighted by Gasteiger charge is -2.16. The maximum absolute atomic E-state index is 15.3. The minimum Gasteiger partial charge on any atom is -0.404 e. The molecule has 33 heavy (non-hydrogen) atoms. The average Bonchev–Trinajstić information content (AvgIpc) is 2.81. The molecule has 1 heterocycles. The largest absolute Gasteiger partial charge is 0.404 e. The van der Waals surface area contributed by atoms with Crippen LogP contribution in [0.1, 0.15) is 27.9 Å². The summed E-state index contributed by atoms with van der Waals surface area (Å²) in [5, 5.41) is 18.7. The highest BCUT2D eigenvalue weighted by Gasteiger charge is 2.23. The molecule has 0 aliphatic carbocycles. The van der Waals surface area contributed by atoms with Crippen LogP contribution in [0.2, 0.25) is 0 Å². The molecule has 7 nitrogen and oxygen atoms in total. The first-order valence-electron chi connectivity index (χ1n) is 10.2. The van der Waals surface area contributed by atoms with E-state index in [0.29, 0.717) is 43.9 Å². The molecular formula is C25H21FN6O. The van der Waals surface area contributed by atoms with Crippen LogP contribution in [-0.4, -0.2) is 23.0 Å². The number of aromatic amines is 1. The van der Waals surface area contributed by atoms with Gasteiger partial charge in [0.15, 0.2) is 0 Å². The Kier molecular flexibility index (Phi) is 5.73. The van der Waals surface area contributed by atoms with Gasteiger partial charge < -0.3 is 11.5 Å². The number of aryl methyl sites for hydroxylation is 1. The Labute approximate surface area is 188 Å². The van der Waals surface area contributed by atoms with Crippen LogP contribution in [0.3, 0.4) is 0 Å². The predicted octanol–water partition coefficient (Wildman–Crippen LogP) is 3.27. The minimum atomic E-state index is -0.580. The number of aromatic nitrogens is 2. The first-order valence-corrected chi connectivity index (χ1v) is 10.2. The molecule has 1 aromatic heterocycles. The van der Waals surface area contributed by atoms with E-state index in [4.69, 9.17) is 11.5 Å². The van der Waals surface area contributed by atoms with Gasteiger partial charge in [-0.1, -0.05) is 30.3 Å². The van der Waals surface area contributed by atoms with Gasteiger partial charge in [-0.15, -0.1) is 0 Å². The fourth-order valence-corrected chi connectivity index (χ4v) is 4.20. The number of aliphatic imine (C=N–C) groups is 1. The van der Waals surface area contributed by atoms with Gasteiger partial charge >= 0.3 is 0 Å². The lowest BCUT2D eigenvalue weighted by molar-refractivity contribution is 0.627. The van der Waals surface area contributed by atoms with Crippen molar-refractivity contribution in [3.05, 3.63) is 92.8 Å². The number of hydrogen-bond acceptors (Lipinski definition) is 6. The number of halogens is 1. The molecule has 0 spiro atoms. The number of allylic oxidation sites excluding steroid dienone is 1. The van der Waals surface area contributed by atoms with E-state index in [9.17, 15) is 10.1 Å². The third-order valence-corrected chi connectivity index (χ3v) is 5.67. The lowest BCUT2D eigenvalue weighted by atomic mass is 9.89. The van der Waals surface area contributed by atoms with Crippen LogP contribution in [0.25, 0.3) is 27.1 Å². The molecular weight excluding hydrogens is 419 g/mol. The summed E-state index contributed by atoms with van der Waals surface area (Å²) < 4.78 is 15.3. The van der Waals surface area contributed by atoms with Crippen molar-refractivity contribution in [1.29, 1.82) is 5.26 Å². The molecule has 3 aromatic carbocycles. The Morgan fingerprint density at radius 2 is 2.03 bits per heavy atom. The summed E-state index contributed by atoms with van der Waals surface area (Å²) >= 11 is 0. The van der Waals surface area contributed by atoms with E-state index in [2.05, 4.69) is 21.3 Å². The van der Waals surface area contributed by atoms with Gasteiger partial charge in [0, 0.05) is 36.1 Å². The molecule has 0 saturated heterocycles. The second kappa shape index (κ2) is 8.65. The third kappa shape index (κ3) is 3.54. The second-order valence-corrected chi connectivity index (χ2v) is 7.51. The molecule has 0 unspecified atom stereocenters. The average molecular weight is 440 g/mol. The molecule has 0 bridgehead atoms. The van der Waals surface area contributed by atoms with E-state index in [-0.39, 0.29) is 28.9 Å². The Morgan fingerprint density at radius 1 is 1.27 bits per heavy atom. The SMILES string of the molecule is CN=C(/C(=C\N)c1cc(C)c2c(=O)[nH]nc(CN)c2c1)c1c(F)cc2ccccc2c1C#N. The Morgan fingerprint density at radius 3 is 2.70 bits per heavy atom. The van der Waals surface area contributed by atoms with Crippen LogP contribution in [0, 0.1) is 24.1 Å². The maximum atomic E-state index is 15.3. The molecule has 0 saturated carbocycles. The highest BCUT2D eigenvalue weighted by molar-refractivity contribution is 6.33. The zero-order valence-corrected chi connectivity index (χ0v) is 18.1. The summed E-state index contributed by atoms with van der Waals surface area (Å²) in [6, 6.07) is 14.1. The van der Waals surface area contributed by atoms with Crippen molar-refractivity contribution in [3.8, 4) is 6.07 Å². The Hall–Kier alpha value is -4.35. The van der Waals surface area contributed by atoms with Crippen molar-refractivity contribution >= 4 is 32.8 Å². The number of nitrogens with zero attached hydrogens (tertiary/aromatic N) is 3. The van der Waals surface area contributed by atoms with Gasteiger partial charge in [0.05, 0.1) is 27.9 Å². The zero-order valence-electron chi connectivity index (χ0n) is 18.1. The first kappa shape index (κ1) is 21.9. The topological polar surface area (TPSA) is 134 Å². The second-order valence-electron chi connectivity index (χ2n) is 7.51. The fraction of sp³-hybridized carbons (Fsp3) is 0.120. The summed E-state index contributed by atoms with van der Waals surface area (Å²) in [7, 11) is 1.51. The van der Waals surface area contributed by atoms with Crippen molar-refractivity contribution in [2.75, 3.05) is 7.05 Å². The van der Waals surface area contributed by atoms with Crippen molar-refractivity contribution < 1.29 is 4.39 Å². The highest BCUT2D eigenvalue weighted by atomic mass is 19.1. The molecule has 0 amide bonds. The summed E-state index contributed by atoms with van der Waals surface area (Å²) in [6.45, 7) is 1.90. The smallest absolute Gasteiger partial charge is 0.272 e. The highest BCUT2D eigenvalue weighted by Crippen LogP contribution is 2.31. The standard InChI is InChI=1S/C25H21FN6O/c1-13-7-15(8-17-21(12-29)31-32-25(33)22(13)17)18(10-27)24(30-2)23-19(11-28)16-6-4-3-5-14(16)9-20(23)26/h3-10H,12,27,29H2,1-2H3,(H,32,33)/b18-10-,30-24?. The van der Waals surface area contributed by atoms with Crippen molar-refractivity contribution in [2.45, 2.75) is 13.5 Å². The minimum absolute atomic E-state index is 0.0660. The number of benzene rings is 3. The van der Waals surface area contributed by atoms with Crippen LogP contribution in [-0.2, 0) is 6.54 Å². The molecule has 5 N–H and O–H groups in total. The number of fused-ring (bicyclic) bond motifs is 2. The normalized spacial score (nSPS) is 12.3. The maximum Gasteiger partial charge on any atom is 0.272 e. The molecule has 0 fully saturated rings. The summed E-state index contributed by atoms with van der Waals surface area (Å²) in [6.07, 6.45) is 1.32. The number of rotatable bonds is 4. The van der Waals surface area contributed by atoms with Gasteiger partial charge in [0.1, 0.15) is 11.9 Å². The summed E-state index contributed by atoms with van der Waals surface area (Å²) in [5.74, 6) is -0.580. The first-order chi connectivity index (χ1) is 15.9. The van der Waals surface area contributed by atoms with Gasteiger partial charge in [-0.2, -0.15) is 10.4 Å². The molecule has 0 radical (unpaired) electrons. The molecule has 0 atom stereocenters. The van der Waals surface area contributed by atoms with Crippen LogP contribution in [0.4, 0.5) is 4.39 Å². The van der Waals surface area contributed by atoms with Gasteiger partial charge in [0.2, 0.25) is 0 Å². The van der Waals surface area contributed by atoms with E-state index in [0.717, 1.165) is 0 Å². The van der Waals surface area contributed by atoms with Crippen LogP contribution >= 0.6 is 0 Å². The zero-order chi connectivity index (χ0) is 23.7. The molecule has 164 valence electrons. The number of nitriles is 1. The molecule has 4 rings (SSSR count). The number of nitrogens with one attached hydrogen (secondary N) is 1. The van der Waals surface area contributed by atoms with Crippen molar-refractivity contribution in [2.24, 2.45) is 16.5 Å². The van der Waals surface area contributed by atoms with Gasteiger partial charge in [-0.3, -0.25) is 9.79 Å². The van der Waals surface area contributed by atoms with Gasteiger partial charge in [-0.25, -0.2) is 9.49 Å². The predicted molar refractivity (Wildman–Crippen MR) is 128 cm³/mol.